The van der Waals surface area contributed by atoms with Gasteiger partial charge in [-0.3, -0.25) is 4.79 Å². The molecule has 0 spiro atoms. The molecule has 4 heteroatoms. The molecule has 3 nitrogen and oxygen atoms in total. The van der Waals surface area contributed by atoms with E-state index in [1.54, 1.807) is 0 Å². The minimum Gasteiger partial charge on any atom is -0.329 e. The third kappa shape index (κ3) is 3.96. The van der Waals surface area contributed by atoms with Gasteiger partial charge in [-0.15, -0.1) is 11.8 Å². The van der Waals surface area contributed by atoms with E-state index in [2.05, 4.69) is 103 Å². The first-order valence-electron chi connectivity index (χ1n) is 10.1. The van der Waals surface area contributed by atoms with E-state index in [1.165, 1.54) is 16.7 Å². The molecule has 1 atom stereocenters. The van der Waals surface area contributed by atoms with Crippen LogP contribution in [0.3, 0.4) is 0 Å². The summed E-state index contributed by atoms with van der Waals surface area (Å²) in [6, 6.07) is 31.9. The third-order valence-electron chi connectivity index (χ3n) is 5.45. The molecule has 3 aromatic carbocycles. The van der Waals surface area contributed by atoms with Crippen LogP contribution in [0.15, 0.2) is 91.0 Å². The molecule has 0 aliphatic carbocycles. The SMILES string of the molecule is CC(SC(c1ccccc1)(c1ccccc1)c1ccccc1)N1CCNCC1=O. The van der Waals surface area contributed by atoms with Gasteiger partial charge in [-0.2, -0.15) is 0 Å². The number of hydrogen-bond acceptors (Lipinski definition) is 3. The van der Waals surface area contributed by atoms with Gasteiger partial charge < -0.3 is 10.2 Å². The Bertz CT molecular complexity index is 834. The summed E-state index contributed by atoms with van der Waals surface area (Å²) in [6.45, 7) is 4.14. The van der Waals surface area contributed by atoms with Gasteiger partial charge in [-0.25, -0.2) is 0 Å². The molecule has 29 heavy (non-hydrogen) atoms. The van der Waals surface area contributed by atoms with Crippen LogP contribution >= 0.6 is 11.8 Å². The second-order valence-electron chi connectivity index (χ2n) is 7.26. The van der Waals surface area contributed by atoms with Crippen molar-refractivity contribution in [1.29, 1.82) is 0 Å². The highest BCUT2D eigenvalue weighted by atomic mass is 32.2. The van der Waals surface area contributed by atoms with Crippen LogP contribution in [0.1, 0.15) is 23.6 Å². The maximum absolute atomic E-state index is 12.6. The maximum atomic E-state index is 12.6. The maximum Gasteiger partial charge on any atom is 0.237 e. The van der Waals surface area contributed by atoms with Gasteiger partial charge in [0, 0.05) is 13.1 Å². The Morgan fingerprint density at radius 1 is 0.828 bits per heavy atom. The van der Waals surface area contributed by atoms with Gasteiger partial charge in [-0.1, -0.05) is 91.0 Å². The summed E-state index contributed by atoms with van der Waals surface area (Å²) in [5.41, 5.74) is 3.66. The molecule has 1 fully saturated rings. The number of carbonyl (C=O) groups is 1. The van der Waals surface area contributed by atoms with Crippen molar-refractivity contribution in [2.45, 2.75) is 17.0 Å². The number of carbonyl (C=O) groups excluding carboxylic acids is 1. The molecule has 1 aliphatic heterocycles. The van der Waals surface area contributed by atoms with Crippen LogP contribution in [0.2, 0.25) is 0 Å². The van der Waals surface area contributed by atoms with Gasteiger partial charge in [0.2, 0.25) is 5.91 Å². The first-order chi connectivity index (χ1) is 14.2. The van der Waals surface area contributed by atoms with Crippen molar-refractivity contribution in [3.63, 3.8) is 0 Å². The lowest BCUT2D eigenvalue weighted by Gasteiger charge is -2.41. The summed E-state index contributed by atoms with van der Waals surface area (Å²) in [5.74, 6) is 0.166. The average molecular weight is 403 g/mol. The molecule has 1 unspecified atom stereocenters. The quantitative estimate of drug-likeness (QED) is 0.617. The summed E-state index contributed by atoms with van der Waals surface area (Å²) in [4.78, 5) is 14.6. The van der Waals surface area contributed by atoms with E-state index in [9.17, 15) is 4.79 Å². The van der Waals surface area contributed by atoms with Crippen molar-refractivity contribution >= 4 is 17.7 Å². The zero-order valence-corrected chi connectivity index (χ0v) is 17.4. The molecule has 0 bridgehead atoms. The van der Waals surface area contributed by atoms with E-state index >= 15 is 0 Å². The van der Waals surface area contributed by atoms with Gasteiger partial charge in [0.1, 0.15) is 0 Å². The number of nitrogens with zero attached hydrogens (tertiary/aromatic N) is 1. The fraction of sp³-hybridized carbons (Fsp3) is 0.240. The highest BCUT2D eigenvalue weighted by molar-refractivity contribution is 8.01. The Balaban J connectivity index is 1.87. The van der Waals surface area contributed by atoms with Crippen LogP contribution in [0.4, 0.5) is 0 Å². The van der Waals surface area contributed by atoms with Gasteiger partial charge in [0.25, 0.3) is 0 Å². The standard InChI is InChI=1S/C25H26N2OS/c1-20(27-18-17-26-19-24(27)28)29-25(21-11-5-2-6-12-21,22-13-7-3-8-14-22)23-15-9-4-10-16-23/h2-16,20,26H,17-19H2,1H3. The van der Waals surface area contributed by atoms with Crippen molar-refractivity contribution in [3.8, 4) is 0 Å². The smallest absolute Gasteiger partial charge is 0.237 e. The van der Waals surface area contributed by atoms with E-state index < -0.39 is 4.75 Å². The van der Waals surface area contributed by atoms with Crippen LogP contribution in [-0.2, 0) is 9.54 Å². The fourth-order valence-electron chi connectivity index (χ4n) is 4.05. The van der Waals surface area contributed by atoms with Crippen LogP contribution in [0.5, 0.6) is 0 Å². The largest absolute Gasteiger partial charge is 0.329 e. The molecule has 3 aromatic rings. The molecule has 1 saturated heterocycles. The van der Waals surface area contributed by atoms with Crippen LogP contribution in [0.25, 0.3) is 0 Å². The van der Waals surface area contributed by atoms with E-state index in [0.717, 1.165) is 13.1 Å². The summed E-state index contributed by atoms with van der Waals surface area (Å²) >= 11 is 1.84. The first-order valence-corrected chi connectivity index (χ1v) is 10.9. The third-order valence-corrected chi connectivity index (χ3v) is 7.11. The second-order valence-corrected chi connectivity index (χ2v) is 8.79. The molecule has 1 N–H and O–H groups in total. The van der Waals surface area contributed by atoms with Crippen molar-refractivity contribution in [2.24, 2.45) is 0 Å². The van der Waals surface area contributed by atoms with Crippen molar-refractivity contribution < 1.29 is 4.79 Å². The topological polar surface area (TPSA) is 32.3 Å². The first kappa shape index (κ1) is 19.7. The molecule has 0 radical (unpaired) electrons. The molecule has 1 heterocycles. The Morgan fingerprint density at radius 2 is 1.28 bits per heavy atom. The number of benzene rings is 3. The molecule has 148 valence electrons. The van der Waals surface area contributed by atoms with E-state index in [-0.39, 0.29) is 11.3 Å². The van der Waals surface area contributed by atoms with E-state index in [0.29, 0.717) is 6.54 Å². The van der Waals surface area contributed by atoms with E-state index in [4.69, 9.17) is 0 Å². The second kappa shape index (κ2) is 8.85. The van der Waals surface area contributed by atoms with Crippen molar-refractivity contribution in [3.05, 3.63) is 108 Å². The molecular weight excluding hydrogens is 376 g/mol. The van der Waals surface area contributed by atoms with Gasteiger partial charge >= 0.3 is 0 Å². The Hall–Kier alpha value is -2.56. The minimum absolute atomic E-state index is 0.0326. The average Bonchev–Trinajstić information content (AvgIpc) is 2.79. The molecular formula is C25H26N2OS. The lowest BCUT2D eigenvalue weighted by Crippen LogP contribution is -2.51. The summed E-state index contributed by atoms with van der Waals surface area (Å²) < 4.78 is -0.408. The zero-order valence-electron chi connectivity index (χ0n) is 16.6. The molecule has 1 aliphatic rings. The molecule has 0 aromatic heterocycles. The number of hydrogen-bond donors (Lipinski definition) is 1. The minimum atomic E-state index is -0.408. The lowest BCUT2D eigenvalue weighted by molar-refractivity contribution is -0.132. The zero-order chi connectivity index (χ0) is 20.1. The van der Waals surface area contributed by atoms with Crippen LogP contribution < -0.4 is 5.32 Å². The summed E-state index contributed by atoms with van der Waals surface area (Å²) in [5, 5.41) is 3.21. The monoisotopic (exact) mass is 402 g/mol. The van der Waals surface area contributed by atoms with E-state index in [1.807, 2.05) is 16.7 Å². The number of thioether (sulfide) groups is 1. The number of piperazine rings is 1. The fourth-order valence-corrected chi connectivity index (χ4v) is 5.73. The number of amides is 1. The van der Waals surface area contributed by atoms with Gasteiger partial charge in [0.05, 0.1) is 16.7 Å². The summed E-state index contributed by atoms with van der Waals surface area (Å²) in [6.07, 6.45) is 0. The Morgan fingerprint density at radius 3 is 1.69 bits per heavy atom. The molecule has 0 saturated carbocycles. The number of nitrogens with one attached hydrogen (secondary N) is 1. The highest BCUT2D eigenvalue weighted by Crippen LogP contribution is 2.50. The van der Waals surface area contributed by atoms with Crippen LogP contribution in [-0.4, -0.2) is 35.8 Å². The molecule has 4 rings (SSSR count). The lowest BCUT2D eigenvalue weighted by atomic mass is 9.84. The highest BCUT2D eigenvalue weighted by Gasteiger charge is 2.40. The predicted molar refractivity (Wildman–Crippen MR) is 121 cm³/mol. The van der Waals surface area contributed by atoms with Crippen molar-refractivity contribution in [2.75, 3.05) is 19.6 Å². The number of rotatable bonds is 6. The van der Waals surface area contributed by atoms with Gasteiger partial charge in [0.15, 0.2) is 0 Å². The molecule has 1 amide bonds. The van der Waals surface area contributed by atoms with Crippen LogP contribution in [0, 0.1) is 0 Å². The Labute approximate surface area is 177 Å². The normalized spacial score (nSPS) is 15.9. The van der Waals surface area contributed by atoms with Gasteiger partial charge in [-0.05, 0) is 23.6 Å². The Kier molecular flexibility index (Phi) is 6.02. The summed E-state index contributed by atoms with van der Waals surface area (Å²) in [7, 11) is 0. The predicted octanol–water partition coefficient (Wildman–Crippen LogP) is 4.49. The van der Waals surface area contributed by atoms with Crippen molar-refractivity contribution in [1.82, 2.24) is 10.2 Å².